The summed E-state index contributed by atoms with van der Waals surface area (Å²) in [6.45, 7) is 4.40. The predicted octanol–water partition coefficient (Wildman–Crippen LogP) is 3.50. The van der Waals surface area contributed by atoms with Crippen LogP contribution in [0.1, 0.15) is 27.3 Å². The van der Waals surface area contributed by atoms with Gasteiger partial charge in [-0.3, -0.25) is 9.48 Å². The van der Waals surface area contributed by atoms with Crippen molar-refractivity contribution in [3.63, 3.8) is 0 Å². The van der Waals surface area contributed by atoms with Crippen molar-refractivity contribution in [2.75, 3.05) is 5.32 Å². The largest absolute Gasteiger partial charge is 0.319 e. The highest BCUT2D eigenvalue weighted by molar-refractivity contribution is 6.30. The molecule has 0 saturated heterocycles. The van der Waals surface area contributed by atoms with Gasteiger partial charge in [0.15, 0.2) is 5.65 Å². The number of nitrogens with one attached hydrogen (secondary N) is 1. The quantitative estimate of drug-likeness (QED) is 0.587. The molecule has 3 aromatic heterocycles. The Morgan fingerprint density at radius 2 is 2.00 bits per heavy atom. The maximum Gasteiger partial charge on any atom is 0.261 e. The minimum absolute atomic E-state index is 0.263. The first-order chi connectivity index (χ1) is 13.0. The molecule has 27 heavy (non-hydrogen) atoms. The smallest absolute Gasteiger partial charge is 0.261 e. The van der Waals surface area contributed by atoms with Crippen LogP contribution >= 0.6 is 11.6 Å². The van der Waals surface area contributed by atoms with Crippen LogP contribution in [0.5, 0.6) is 0 Å². The van der Waals surface area contributed by atoms with Gasteiger partial charge in [-0.15, -0.1) is 0 Å². The highest BCUT2D eigenvalue weighted by Gasteiger charge is 2.18. The number of benzene rings is 1. The molecule has 0 atom stereocenters. The molecule has 4 rings (SSSR count). The summed E-state index contributed by atoms with van der Waals surface area (Å²) < 4.78 is 3.43. The lowest BCUT2D eigenvalue weighted by molar-refractivity contribution is 0.102. The fourth-order valence-electron chi connectivity index (χ4n) is 2.96. The fraction of sp³-hybridized carbons (Fsp3) is 0.158. The van der Waals surface area contributed by atoms with Crippen LogP contribution in [-0.2, 0) is 6.54 Å². The summed E-state index contributed by atoms with van der Waals surface area (Å²) in [5.41, 5.74) is 4.33. The van der Waals surface area contributed by atoms with Gasteiger partial charge in [-0.2, -0.15) is 10.2 Å². The van der Waals surface area contributed by atoms with Gasteiger partial charge in [-0.05, 0) is 37.6 Å². The van der Waals surface area contributed by atoms with Crippen LogP contribution in [0.15, 0.2) is 48.9 Å². The molecule has 0 saturated carbocycles. The molecule has 1 aromatic carbocycles. The second kappa shape index (κ2) is 6.85. The fourth-order valence-corrected chi connectivity index (χ4v) is 3.09. The highest BCUT2D eigenvalue weighted by Crippen LogP contribution is 2.22. The Balaban J connectivity index is 1.60. The zero-order chi connectivity index (χ0) is 19.0. The Labute approximate surface area is 160 Å². The molecule has 8 heteroatoms. The van der Waals surface area contributed by atoms with Crippen molar-refractivity contribution in [3.05, 3.63) is 76.5 Å². The van der Waals surface area contributed by atoms with Gasteiger partial charge in [0.2, 0.25) is 0 Å². The average molecular weight is 381 g/mol. The number of nitrogens with zero attached hydrogens (tertiary/aromatic N) is 5. The third-order valence-electron chi connectivity index (χ3n) is 4.39. The Bertz CT molecular complexity index is 1130. The average Bonchev–Trinajstić information content (AvgIpc) is 3.20. The van der Waals surface area contributed by atoms with Gasteiger partial charge >= 0.3 is 0 Å². The number of aryl methyl sites for hydroxylation is 1. The molecule has 1 amide bonds. The molecule has 7 nitrogen and oxygen atoms in total. The van der Waals surface area contributed by atoms with Gasteiger partial charge in [0, 0.05) is 17.4 Å². The van der Waals surface area contributed by atoms with E-state index >= 15 is 0 Å². The molecule has 136 valence electrons. The number of rotatable bonds is 4. The first kappa shape index (κ1) is 17.2. The van der Waals surface area contributed by atoms with Crippen molar-refractivity contribution in [1.29, 1.82) is 0 Å². The molecule has 0 bridgehead atoms. The summed E-state index contributed by atoms with van der Waals surface area (Å²) >= 11 is 5.94. The van der Waals surface area contributed by atoms with Gasteiger partial charge in [-0.1, -0.05) is 23.7 Å². The summed E-state index contributed by atoms with van der Waals surface area (Å²) in [6, 6.07) is 9.38. The number of halogens is 1. The molecule has 0 unspecified atom stereocenters. The molecule has 0 aliphatic carbocycles. The predicted molar refractivity (Wildman–Crippen MR) is 103 cm³/mol. The third-order valence-corrected chi connectivity index (χ3v) is 4.64. The normalized spacial score (nSPS) is 11.1. The van der Waals surface area contributed by atoms with E-state index in [1.807, 2.05) is 42.8 Å². The van der Waals surface area contributed by atoms with E-state index < -0.39 is 0 Å². The molecule has 0 radical (unpaired) electrons. The number of aromatic nitrogens is 5. The number of fused-ring (bicyclic) bond motifs is 1. The molecular formula is C19H17ClN6O. The Kier molecular flexibility index (Phi) is 4.37. The zero-order valence-corrected chi connectivity index (χ0v) is 15.6. The molecule has 0 aliphatic heterocycles. The van der Waals surface area contributed by atoms with Crippen LogP contribution in [0.25, 0.3) is 5.65 Å². The van der Waals surface area contributed by atoms with Crippen LogP contribution in [0, 0.1) is 13.8 Å². The van der Waals surface area contributed by atoms with Gasteiger partial charge in [0.1, 0.15) is 5.56 Å². The van der Waals surface area contributed by atoms with Gasteiger partial charge < -0.3 is 5.32 Å². The van der Waals surface area contributed by atoms with E-state index in [0.717, 1.165) is 17.0 Å². The third kappa shape index (κ3) is 3.29. The lowest BCUT2D eigenvalue weighted by Crippen LogP contribution is -2.13. The summed E-state index contributed by atoms with van der Waals surface area (Å²) in [5.74, 6) is -0.263. The molecule has 0 spiro atoms. The summed E-state index contributed by atoms with van der Waals surface area (Å²) in [4.78, 5) is 17.0. The highest BCUT2D eigenvalue weighted by atomic mass is 35.5. The first-order valence-corrected chi connectivity index (χ1v) is 8.79. The van der Waals surface area contributed by atoms with E-state index in [4.69, 9.17) is 11.6 Å². The van der Waals surface area contributed by atoms with Crippen LogP contribution in [-0.4, -0.2) is 30.3 Å². The Morgan fingerprint density at radius 3 is 2.78 bits per heavy atom. The van der Waals surface area contributed by atoms with E-state index in [0.29, 0.717) is 28.5 Å². The summed E-state index contributed by atoms with van der Waals surface area (Å²) in [5, 5.41) is 12.4. The SMILES string of the molecule is Cc1nn(Cc2ccc(Cl)cc2)c(C)c1NC(=O)c1cnn2cccnc12. The second-order valence-corrected chi connectivity index (χ2v) is 6.67. The van der Waals surface area contributed by atoms with E-state index in [-0.39, 0.29) is 5.91 Å². The number of carbonyl (C=O) groups is 1. The van der Waals surface area contributed by atoms with Gasteiger partial charge in [0.25, 0.3) is 5.91 Å². The van der Waals surface area contributed by atoms with Crippen LogP contribution < -0.4 is 5.32 Å². The number of amides is 1. The zero-order valence-electron chi connectivity index (χ0n) is 14.8. The molecule has 0 fully saturated rings. The molecule has 4 aromatic rings. The Hall–Kier alpha value is -3.19. The van der Waals surface area contributed by atoms with Crippen molar-refractivity contribution in [3.8, 4) is 0 Å². The monoisotopic (exact) mass is 380 g/mol. The minimum atomic E-state index is -0.263. The lowest BCUT2D eigenvalue weighted by Gasteiger charge is -2.07. The lowest BCUT2D eigenvalue weighted by atomic mass is 10.2. The molecule has 0 aliphatic rings. The van der Waals surface area contributed by atoms with Crippen molar-refractivity contribution >= 4 is 28.8 Å². The number of carbonyl (C=O) groups excluding carboxylic acids is 1. The summed E-state index contributed by atoms with van der Waals surface area (Å²) in [6.07, 6.45) is 4.90. The second-order valence-electron chi connectivity index (χ2n) is 6.23. The molecule has 3 heterocycles. The number of hydrogen-bond acceptors (Lipinski definition) is 4. The Morgan fingerprint density at radius 1 is 1.22 bits per heavy atom. The summed E-state index contributed by atoms with van der Waals surface area (Å²) in [7, 11) is 0. The van der Waals surface area contributed by atoms with Crippen LogP contribution in [0.4, 0.5) is 5.69 Å². The van der Waals surface area contributed by atoms with E-state index in [1.54, 1.807) is 23.0 Å². The first-order valence-electron chi connectivity index (χ1n) is 8.41. The molecule has 1 N–H and O–H groups in total. The van der Waals surface area contributed by atoms with Gasteiger partial charge in [0.05, 0.1) is 29.8 Å². The maximum absolute atomic E-state index is 12.7. The number of anilines is 1. The maximum atomic E-state index is 12.7. The topological polar surface area (TPSA) is 77.1 Å². The van der Waals surface area contributed by atoms with Crippen LogP contribution in [0.3, 0.4) is 0 Å². The van der Waals surface area contributed by atoms with E-state index in [1.165, 1.54) is 6.20 Å². The number of hydrogen-bond donors (Lipinski definition) is 1. The van der Waals surface area contributed by atoms with Crippen molar-refractivity contribution in [1.82, 2.24) is 24.4 Å². The van der Waals surface area contributed by atoms with Crippen molar-refractivity contribution in [2.24, 2.45) is 0 Å². The standard InChI is InChI=1S/C19H17ClN6O/c1-12-17(13(2)26(24-12)11-14-4-6-15(20)7-5-14)23-19(27)16-10-22-25-9-3-8-21-18(16)25/h3-10H,11H2,1-2H3,(H,23,27). The minimum Gasteiger partial charge on any atom is -0.319 e. The molecular weight excluding hydrogens is 364 g/mol. The van der Waals surface area contributed by atoms with E-state index in [9.17, 15) is 4.79 Å². The van der Waals surface area contributed by atoms with E-state index in [2.05, 4.69) is 20.5 Å². The van der Waals surface area contributed by atoms with Crippen LogP contribution in [0.2, 0.25) is 5.02 Å². The van der Waals surface area contributed by atoms with Crippen molar-refractivity contribution in [2.45, 2.75) is 20.4 Å². The van der Waals surface area contributed by atoms with Crippen molar-refractivity contribution < 1.29 is 4.79 Å². The van der Waals surface area contributed by atoms with Gasteiger partial charge in [-0.25, -0.2) is 9.50 Å².